The van der Waals surface area contributed by atoms with Gasteiger partial charge < -0.3 is 19.7 Å². The normalized spacial score (nSPS) is 14.9. The molecule has 0 saturated carbocycles. The highest BCUT2D eigenvalue weighted by molar-refractivity contribution is 5.89. The summed E-state index contributed by atoms with van der Waals surface area (Å²) in [4.78, 5) is 16.7. The van der Waals surface area contributed by atoms with E-state index < -0.39 is 0 Å². The molecule has 0 spiro atoms. The van der Waals surface area contributed by atoms with E-state index in [1.54, 1.807) is 26.4 Å². The highest BCUT2D eigenvalue weighted by Gasteiger charge is 2.20. The molecule has 1 fully saturated rings. The Labute approximate surface area is 166 Å². The monoisotopic (exact) mass is 381 g/mol. The molecule has 1 aliphatic heterocycles. The molecule has 2 amide bonds. The third-order valence-electron chi connectivity index (χ3n) is 4.77. The summed E-state index contributed by atoms with van der Waals surface area (Å²) in [5.74, 6) is 1.23. The molecule has 2 aromatic rings. The van der Waals surface area contributed by atoms with E-state index in [0.717, 1.165) is 19.6 Å². The van der Waals surface area contributed by atoms with Crippen molar-refractivity contribution in [2.24, 2.45) is 0 Å². The minimum atomic E-state index is -0.0910. The molecule has 1 aliphatic rings. The number of carbonyl (C=O) groups is 1. The summed E-state index contributed by atoms with van der Waals surface area (Å²) in [7, 11) is 3.17. The summed E-state index contributed by atoms with van der Waals surface area (Å²) in [5.41, 5.74) is 1.89. The number of anilines is 1. The fourth-order valence-electron chi connectivity index (χ4n) is 3.15. The Morgan fingerprint density at radius 1 is 1.00 bits per heavy atom. The van der Waals surface area contributed by atoms with Gasteiger partial charge in [0.1, 0.15) is 0 Å². The van der Waals surface area contributed by atoms with Crippen LogP contribution in [0.2, 0.25) is 0 Å². The van der Waals surface area contributed by atoms with Gasteiger partial charge in [0.2, 0.25) is 0 Å². The van der Waals surface area contributed by atoms with Crippen molar-refractivity contribution < 1.29 is 14.3 Å². The second-order valence-electron chi connectivity index (χ2n) is 6.60. The number of piperazine rings is 1. The van der Waals surface area contributed by atoms with Crippen molar-refractivity contribution in [1.29, 1.82) is 0 Å². The van der Waals surface area contributed by atoms with Crippen LogP contribution in [0.15, 0.2) is 54.6 Å². The van der Waals surface area contributed by atoms with E-state index in [0.29, 0.717) is 30.3 Å². The predicted molar refractivity (Wildman–Crippen MR) is 112 cm³/mol. The molecular weight excluding hydrogens is 354 g/mol. The Kier molecular flexibility index (Phi) is 6.92. The Hall–Kier alpha value is -2.99. The van der Waals surface area contributed by atoms with E-state index in [2.05, 4.69) is 34.5 Å². The molecular formula is C22H27N3O3. The van der Waals surface area contributed by atoms with Gasteiger partial charge in [-0.3, -0.25) is 4.90 Å². The largest absolute Gasteiger partial charge is 0.493 e. The van der Waals surface area contributed by atoms with E-state index in [9.17, 15) is 4.79 Å². The molecule has 0 radical (unpaired) electrons. The number of nitrogens with one attached hydrogen (secondary N) is 1. The molecule has 2 aromatic carbocycles. The number of ether oxygens (including phenoxy) is 2. The second kappa shape index (κ2) is 9.80. The number of benzene rings is 2. The van der Waals surface area contributed by atoms with Crippen molar-refractivity contribution in [2.75, 3.05) is 52.3 Å². The van der Waals surface area contributed by atoms with Crippen LogP contribution in [0, 0.1) is 0 Å². The van der Waals surface area contributed by atoms with Gasteiger partial charge in [-0.2, -0.15) is 0 Å². The minimum Gasteiger partial charge on any atom is -0.493 e. The first-order chi connectivity index (χ1) is 13.7. The summed E-state index contributed by atoms with van der Waals surface area (Å²) in [6.45, 7) is 4.02. The van der Waals surface area contributed by atoms with Crippen molar-refractivity contribution in [3.8, 4) is 11.5 Å². The number of carbonyl (C=O) groups excluding carboxylic acids is 1. The van der Waals surface area contributed by atoms with E-state index in [1.807, 2.05) is 29.2 Å². The summed E-state index contributed by atoms with van der Waals surface area (Å²) < 4.78 is 10.5. The third-order valence-corrected chi connectivity index (χ3v) is 4.77. The first kappa shape index (κ1) is 19.8. The standard InChI is InChI=1S/C22H27N3O3/c1-27-20-11-10-19(17-21(20)28-2)23-22(26)25-15-13-24(14-16-25)12-6-9-18-7-4-3-5-8-18/h3-11,17H,12-16H2,1-2H3,(H,23,26)/b9-6+. The second-order valence-corrected chi connectivity index (χ2v) is 6.60. The van der Waals surface area contributed by atoms with E-state index in [4.69, 9.17) is 9.47 Å². The van der Waals surface area contributed by atoms with Crippen LogP contribution in [0.3, 0.4) is 0 Å². The van der Waals surface area contributed by atoms with Crippen molar-refractivity contribution in [2.45, 2.75) is 0 Å². The summed E-state index contributed by atoms with van der Waals surface area (Å²) in [6, 6.07) is 15.5. The van der Waals surface area contributed by atoms with E-state index >= 15 is 0 Å². The maximum Gasteiger partial charge on any atom is 0.321 e. The lowest BCUT2D eigenvalue weighted by Crippen LogP contribution is -2.49. The molecule has 6 nitrogen and oxygen atoms in total. The van der Waals surface area contributed by atoms with Gasteiger partial charge in [0.15, 0.2) is 11.5 Å². The molecule has 0 aliphatic carbocycles. The Morgan fingerprint density at radius 2 is 1.71 bits per heavy atom. The van der Waals surface area contributed by atoms with Crippen LogP contribution in [0.5, 0.6) is 11.5 Å². The number of methoxy groups -OCH3 is 2. The molecule has 1 heterocycles. The first-order valence-electron chi connectivity index (χ1n) is 9.41. The molecule has 1 saturated heterocycles. The van der Waals surface area contributed by atoms with Gasteiger partial charge in [0, 0.05) is 44.5 Å². The number of amides is 2. The van der Waals surface area contributed by atoms with Crippen molar-refractivity contribution in [1.82, 2.24) is 9.80 Å². The number of rotatable bonds is 6. The maximum atomic E-state index is 12.5. The molecule has 1 N–H and O–H groups in total. The van der Waals surface area contributed by atoms with Crippen molar-refractivity contribution >= 4 is 17.8 Å². The number of hydrogen-bond donors (Lipinski definition) is 1. The fourth-order valence-corrected chi connectivity index (χ4v) is 3.15. The third kappa shape index (κ3) is 5.27. The average Bonchev–Trinajstić information content (AvgIpc) is 2.75. The molecule has 0 bridgehead atoms. The molecule has 0 atom stereocenters. The lowest BCUT2D eigenvalue weighted by Gasteiger charge is -2.34. The summed E-state index contributed by atoms with van der Waals surface area (Å²) in [5, 5.41) is 2.94. The topological polar surface area (TPSA) is 54.0 Å². The van der Waals surface area contributed by atoms with Crippen LogP contribution in [0.25, 0.3) is 6.08 Å². The highest BCUT2D eigenvalue weighted by atomic mass is 16.5. The van der Waals surface area contributed by atoms with Crippen LogP contribution in [0.4, 0.5) is 10.5 Å². The number of hydrogen-bond acceptors (Lipinski definition) is 4. The smallest absolute Gasteiger partial charge is 0.321 e. The maximum absolute atomic E-state index is 12.5. The van der Waals surface area contributed by atoms with E-state index in [1.165, 1.54) is 5.56 Å². The average molecular weight is 381 g/mol. The summed E-state index contributed by atoms with van der Waals surface area (Å²) >= 11 is 0. The fraction of sp³-hybridized carbons (Fsp3) is 0.318. The Balaban J connectivity index is 1.46. The minimum absolute atomic E-state index is 0.0910. The van der Waals surface area contributed by atoms with Gasteiger partial charge in [-0.25, -0.2) is 4.79 Å². The zero-order chi connectivity index (χ0) is 19.8. The van der Waals surface area contributed by atoms with E-state index in [-0.39, 0.29) is 6.03 Å². The lowest BCUT2D eigenvalue weighted by atomic mass is 10.2. The number of nitrogens with zero attached hydrogens (tertiary/aromatic N) is 2. The zero-order valence-electron chi connectivity index (χ0n) is 16.4. The van der Waals surface area contributed by atoms with Crippen LogP contribution in [-0.4, -0.2) is 62.8 Å². The van der Waals surface area contributed by atoms with Gasteiger partial charge >= 0.3 is 6.03 Å². The number of urea groups is 1. The van der Waals surface area contributed by atoms with Crippen LogP contribution >= 0.6 is 0 Å². The van der Waals surface area contributed by atoms with Gasteiger partial charge in [0.25, 0.3) is 0 Å². The molecule has 148 valence electrons. The zero-order valence-corrected chi connectivity index (χ0v) is 16.4. The summed E-state index contributed by atoms with van der Waals surface area (Å²) in [6.07, 6.45) is 4.31. The molecule has 0 aromatic heterocycles. The van der Waals surface area contributed by atoms with Gasteiger partial charge in [-0.1, -0.05) is 42.5 Å². The van der Waals surface area contributed by atoms with Crippen LogP contribution < -0.4 is 14.8 Å². The lowest BCUT2D eigenvalue weighted by molar-refractivity contribution is 0.156. The van der Waals surface area contributed by atoms with Crippen molar-refractivity contribution in [3.63, 3.8) is 0 Å². The molecule has 3 rings (SSSR count). The van der Waals surface area contributed by atoms with Crippen molar-refractivity contribution in [3.05, 3.63) is 60.2 Å². The quantitative estimate of drug-likeness (QED) is 0.831. The SMILES string of the molecule is COc1ccc(NC(=O)N2CCN(C/C=C/c3ccccc3)CC2)cc1OC. The molecule has 28 heavy (non-hydrogen) atoms. The van der Waals surface area contributed by atoms with Crippen LogP contribution in [0.1, 0.15) is 5.56 Å². The van der Waals surface area contributed by atoms with Gasteiger partial charge in [0.05, 0.1) is 14.2 Å². The highest BCUT2D eigenvalue weighted by Crippen LogP contribution is 2.29. The van der Waals surface area contributed by atoms with Gasteiger partial charge in [-0.15, -0.1) is 0 Å². The van der Waals surface area contributed by atoms with Crippen LogP contribution in [-0.2, 0) is 0 Å². The predicted octanol–water partition coefficient (Wildman–Crippen LogP) is 3.57. The molecule has 0 unspecified atom stereocenters. The Morgan fingerprint density at radius 3 is 2.39 bits per heavy atom. The first-order valence-corrected chi connectivity index (χ1v) is 9.41. The Bertz CT molecular complexity index is 800. The van der Waals surface area contributed by atoms with Gasteiger partial charge in [-0.05, 0) is 17.7 Å². The molecule has 6 heteroatoms.